The maximum Gasteiger partial charge on any atom is 0.240 e. The Kier molecular flexibility index (Phi) is 6.11. The topological polar surface area (TPSA) is 60.3 Å². The van der Waals surface area contributed by atoms with Crippen LogP contribution in [-0.2, 0) is 23.0 Å². The minimum Gasteiger partial charge on any atom is -0.497 e. The molecule has 4 aromatic rings. The van der Waals surface area contributed by atoms with E-state index in [1.807, 2.05) is 31.2 Å². The number of hydrogen-bond donors (Lipinski definition) is 1. The second-order valence-corrected chi connectivity index (χ2v) is 9.38. The first-order valence-corrected chi connectivity index (χ1v) is 11.7. The Bertz CT molecular complexity index is 1270. The molecule has 0 spiro atoms. The first-order valence-electron chi connectivity index (χ1n) is 10.2. The molecule has 0 unspecified atom stereocenters. The van der Waals surface area contributed by atoms with E-state index < -0.39 is 10.0 Å². The van der Waals surface area contributed by atoms with Crippen molar-refractivity contribution in [3.63, 3.8) is 0 Å². The molecule has 4 rings (SSSR count). The van der Waals surface area contributed by atoms with Crippen molar-refractivity contribution in [2.75, 3.05) is 13.7 Å². The van der Waals surface area contributed by atoms with Crippen molar-refractivity contribution in [2.45, 2.75) is 24.8 Å². The van der Waals surface area contributed by atoms with Crippen LogP contribution < -0.4 is 9.46 Å². The van der Waals surface area contributed by atoms with Crippen LogP contribution in [0.1, 0.15) is 16.7 Å². The number of para-hydroxylation sites is 1. The molecule has 0 fully saturated rings. The zero-order valence-corrected chi connectivity index (χ0v) is 18.5. The van der Waals surface area contributed by atoms with E-state index in [0.29, 0.717) is 17.9 Å². The number of benzene rings is 3. The highest BCUT2D eigenvalue weighted by atomic mass is 32.2. The van der Waals surface area contributed by atoms with Gasteiger partial charge in [0.15, 0.2) is 0 Å². The van der Waals surface area contributed by atoms with Gasteiger partial charge in [0.05, 0.1) is 12.0 Å². The van der Waals surface area contributed by atoms with Gasteiger partial charge >= 0.3 is 0 Å². The van der Waals surface area contributed by atoms with Crippen LogP contribution in [-0.4, -0.2) is 26.6 Å². The lowest BCUT2D eigenvalue weighted by atomic mass is 10.1. The van der Waals surface area contributed by atoms with E-state index in [0.717, 1.165) is 34.3 Å². The number of aromatic nitrogens is 1. The summed E-state index contributed by atoms with van der Waals surface area (Å²) in [5, 5.41) is 1.14. The summed E-state index contributed by atoms with van der Waals surface area (Å²) in [6.45, 7) is 3.01. The van der Waals surface area contributed by atoms with Crippen molar-refractivity contribution in [3.05, 3.63) is 95.7 Å². The summed E-state index contributed by atoms with van der Waals surface area (Å²) in [4.78, 5) is 0.292. The van der Waals surface area contributed by atoms with Crippen LogP contribution in [0.5, 0.6) is 5.75 Å². The van der Waals surface area contributed by atoms with Gasteiger partial charge in [-0.3, -0.25) is 0 Å². The third kappa shape index (κ3) is 4.81. The van der Waals surface area contributed by atoms with Crippen molar-refractivity contribution < 1.29 is 13.2 Å². The molecule has 0 radical (unpaired) electrons. The Hall–Kier alpha value is -3.09. The van der Waals surface area contributed by atoms with Crippen molar-refractivity contribution >= 4 is 20.9 Å². The standard InChI is InChI=1S/C25H26N2O3S/c1-19-7-13-23(14-8-19)31(28,29)26-16-15-21-18-27(25-6-4-3-5-24(21)25)17-20-9-11-22(30-2)12-10-20/h3-14,18,26H,15-17H2,1-2H3. The van der Waals surface area contributed by atoms with Gasteiger partial charge in [0.1, 0.15) is 5.75 Å². The third-order valence-electron chi connectivity index (χ3n) is 5.40. The van der Waals surface area contributed by atoms with E-state index in [1.165, 1.54) is 5.56 Å². The fraction of sp³-hybridized carbons (Fsp3) is 0.200. The Labute approximate surface area is 183 Å². The Morgan fingerprint density at radius 2 is 1.65 bits per heavy atom. The molecular formula is C25H26N2O3S. The lowest BCUT2D eigenvalue weighted by Crippen LogP contribution is -2.25. The van der Waals surface area contributed by atoms with E-state index in [-0.39, 0.29) is 0 Å². The zero-order valence-electron chi connectivity index (χ0n) is 17.7. The number of fused-ring (bicyclic) bond motifs is 1. The quantitative estimate of drug-likeness (QED) is 0.443. The summed E-state index contributed by atoms with van der Waals surface area (Å²) >= 11 is 0. The number of methoxy groups -OCH3 is 1. The van der Waals surface area contributed by atoms with Gasteiger partial charge in [-0.1, -0.05) is 48.0 Å². The lowest BCUT2D eigenvalue weighted by Gasteiger charge is -2.07. The molecule has 6 heteroatoms. The summed E-state index contributed by atoms with van der Waals surface area (Å²) in [7, 11) is -1.86. The van der Waals surface area contributed by atoms with Crippen molar-refractivity contribution in [1.29, 1.82) is 0 Å². The van der Waals surface area contributed by atoms with E-state index >= 15 is 0 Å². The highest BCUT2D eigenvalue weighted by Gasteiger charge is 2.14. The average Bonchev–Trinajstić information content (AvgIpc) is 3.12. The molecule has 0 aliphatic carbocycles. The molecule has 0 saturated heterocycles. The monoisotopic (exact) mass is 434 g/mol. The van der Waals surface area contributed by atoms with Gasteiger partial charge in [-0.05, 0) is 54.8 Å². The summed E-state index contributed by atoms with van der Waals surface area (Å²) in [5.41, 5.74) is 4.46. The van der Waals surface area contributed by atoms with Crippen molar-refractivity contribution in [3.8, 4) is 5.75 Å². The molecule has 1 heterocycles. The van der Waals surface area contributed by atoms with Crippen LogP contribution in [0, 0.1) is 6.92 Å². The molecule has 0 aliphatic heterocycles. The first kappa shape index (κ1) is 21.2. The molecule has 0 aliphatic rings. The molecule has 1 aromatic heterocycles. The normalized spacial score (nSPS) is 11.7. The summed E-state index contributed by atoms with van der Waals surface area (Å²) in [6, 6.07) is 23.1. The minimum absolute atomic E-state index is 0.292. The van der Waals surface area contributed by atoms with Crippen LogP contribution in [0.3, 0.4) is 0 Å². The van der Waals surface area contributed by atoms with Gasteiger partial charge in [0.25, 0.3) is 0 Å². The van der Waals surface area contributed by atoms with E-state index in [1.54, 1.807) is 31.4 Å². The zero-order chi connectivity index (χ0) is 21.8. The van der Waals surface area contributed by atoms with Gasteiger partial charge in [-0.25, -0.2) is 13.1 Å². The highest BCUT2D eigenvalue weighted by Crippen LogP contribution is 2.23. The SMILES string of the molecule is COc1ccc(Cn2cc(CCNS(=O)(=O)c3ccc(C)cc3)c3ccccc32)cc1. The molecule has 0 bridgehead atoms. The third-order valence-corrected chi connectivity index (χ3v) is 6.88. The Balaban J connectivity index is 1.51. The first-order chi connectivity index (χ1) is 15.0. The largest absolute Gasteiger partial charge is 0.497 e. The average molecular weight is 435 g/mol. The number of rotatable bonds is 8. The minimum atomic E-state index is -3.52. The lowest BCUT2D eigenvalue weighted by molar-refractivity contribution is 0.414. The predicted molar refractivity (Wildman–Crippen MR) is 124 cm³/mol. The second-order valence-electron chi connectivity index (χ2n) is 7.61. The Morgan fingerprint density at radius 3 is 2.35 bits per heavy atom. The fourth-order valence-electron chi connectivity index (χ4n) is 3.70. The van der Waals surface area contributed by atoms with Gasteiger partial charge in [0.2, 0.25) is 10.0 Å². The number of aryl methyl sites for hydroxylation is 1. The van der Waals surface area contributed by atoms with Gasteiger partial charge < -0.3 is 9.30 Å². The fourth-order valence-corrected chi connectivity index (χ4v) is 4.73. The molecule has 160 valence electrons. The number of nitrogens with one attached hydrogen (secondary N) is 1. The van der Waals surface area contributed by atoms with E-state index in [2.05, 4.69) is 39.8 Å². The van der Waals surface area contributed by atoms with Crippen LogP contribution in [0.4, 0.5) is 0 Å². The summed E-state index contributed by atoms with van der Waals surface area (Å²) in [5.74, 6) is 0.836. The smallest absolute Gasteiger partial charge is 0.240 e. The summed E-state index contributed by atoms with van der Waals surface area (Å²) in [6.07, 6.45) is 2.73. The molecular weight excluding hydrogens is 408 g/mol. The van der Waals surface area contributed by atoms with Gasteiger partial charge in [-0.15, -0.1) is 0 Å². The van der Waals surface area contributed by atoms with Crippen LogP contribution in [0.15, 0.2) is 83.9 Å². The van der Waals surface area contributed by atoms with Gasteiger partial charge in [0, 0.05) is 30.2 Å². The molecule has 0 saturated carbocycles. The van der Waals surface area contributed by atoms with Crippen molar-refractivity contribution in [1.82, 2.24) is 9.29 Å². The molecule has 3 aromatic carbocycles. The van der Waals surface area contributed by atoms with Crippen LogP contribution in [0.2, 0.25) is 0 Å². The number of nitrogens with zero attached hydrogens (tertiary/aromatic N) is 1. The van der Waals surface area contributed by atoms with Gasteiger partial charge in [-0.2, -0.15) is 0 Å². The van der Waals surface area contributed by atoms with Crippen LogP contribution in [0.25, 0.3) is 10.9 Å². The molecule has 31 heavy (non-hydrogen) atoms. The number of hydrogen-bond acceptors (Lipinski definition) is 3. The van der Waals surface area contributed by atoms with Crippen molar-refractivity contribution in [2.24, 2.45) is 0 Å². The predicted octanol–water partition coefficient (Wildman–Crippen LogP) is 4.53. The molecule has 5 nitrogen and oxygen atoms in total. The maximum atomic E-state index is 12.6. The number of sulfonamides is 1. The number of ether oxygens (including phenoxy) is 1. The second kappa shape index (κ2) is 8.96. The Morgan fingerprint density at radius 1 is 0.935 bits per heavy atom. The molecule has 0 amide bonds. The van der Waals surface area contributed by atoms with E-state index in [9.17, 15) is 8.42 Å². The van der Waals surface area contributed by atoms with Crippen LogP contribution >= 0.6 is 0 Å². The molecule has 1 N–H and O–H groups in total. The highest BCUT2D eigenvalue weighted by molar-refractivity contribution is 7.89. The summed E-state index contributed by atoms with van der Waals surface area (Å²) < 4.78 is 35.3. The molecule has 0 atom stereocenters. The maximum absolute atomic E-state index is 12.6. The van der Waals surface area contributed by atoms with E-state index in [4.69, 9.17) is 4.74 Å².